The number of ether oxygens (including phenoxy) is 1. The van der Waals surface area contributed by atoms with Gasteiger partial charge < -0.3 is 14.5 Å². The molecule has 0 heterocycles. The molecule has 0 unspecified atom stereocenters. The van der Waals surface area contributed by atoms with Crippen molar-refractivity contribution in [2.75, 3.05) is 19.5 Å². The zero-order chi connectivity index (χ0) is 20.1. The van der Waals surface area contributed by atoms with Gasteiger partial charge >= 0.3 is 6.09 Å². The fraction of sp³-hybridized carbons (Fsp3) is 0.938. The first-order chi connectivity index (χ1) is 10.9. The quantitative estimate of drug-likeness (QED) is 0.499. The molecule has 0 saturated heterocycles. The van der Waals surface area contributed by atoms with E-state index in [1.165, 1.54) is 0 Å². The highest BCUT2D eigenvalue weighted by molar-refractivity contribution is 7.85. The lowest BCUT2D eigenvalue weighted by Crippen LogP contribution is -2.44. The maximum Gasteiger partial charge on any atom is 0.407 e. The van der Waals surface area contributed by atoms with E-state index in [1.807, 2.05) is 0 Å². The Balaban J connectivity index is 4.77. The molecule has 0 aliphatic heterocycles. The molecule has 25 heavy (non-hydrogen) atoms. The van der Waals surface area contributed by atoms with Crippen LogP contribution in [0.4, 0.5) is 4.79 Å². The van der Waals surface area contributed by atoms with Crippen LogP contribution in [-0.4, -0.2) is 53.9 Å². The Morgan fingerprint density at radius 3 is 2.04 bits per heavy atom. The Bertz CT molecular complexity index is 534. The standard InChI is InChI=1S/C16H35NO6SSi/c1-15(2,3)23-14(18)17-13(12-21-24(7,19)20)10-11-22-25(8,9)16(4,5)6/h13H,10-12H2,1-9H3,(H,17,18)/t13-/m0/s1. The zero-order valence-corrected chi connectivity index (χ0v) is 18.9. The fourth-order valence-corrected chi connectivity index (χ4v) is 3.02. The first-order valence-corrected chi connectivity index (χ1v) is 13.1. The molecule has 0 fully saturated rings. The molecule has 7 nitrogen and oxygen atoms in total. The van der Waals surface area contributed by atoms with Crippen molar-refractivity contribution in [2.45, 2.75) is 77.7 Å². The van der Waals surface area contributed by atoms with Crippen LogP contribution in [0.5, 0.6) is 0 Å². The molecule has 1 amide bonds. The number of carbonyl (C=O) groups is 1. The largest absolute Gasteiger partial charge is 0.444 e. The molecular weight excluding hydrogens is 362 g/mol. The van der Waals surface area contributed by atoms with E-state index < -0.39 is 36.2 Å². The summed E-state index contributed by atoms with van der Waals surface area (Å²) in [5, 5.41) is 2.73. The van der Waals surface area contributed by atoms with Gasteiger partial charge in [0, 0.05) is 6.61 Å². The molecule has 9 heteroatoms. The van der Waals surface area contributed by atoms with Gasteiger partial charge in [-0.1, -0.05) is 20.8 Å². The molecule has 0 rings (SSSR count). The van der Waals surface area contributed by atoms with Crippen LogP contribution in [0.25, 0.3) is 0 Å². The Kier molecular flexibility index (Phi) is 8.60. The first kappa shape index (κ1) is 24.4. The van der Waals surface area contributed by atoms with E-state index in [1.54, 1.807) is 20.8 Å². The maximum atomic E-state index is 11.9. The second-order valence-corrected chi connectivity index (χ2v) is 15.2. The summed E-state index contributed by atoms with van der Waals surface area (Å²) in [6.45, 7) is 16.2. The lowest BCUT2D eigenvalue weighted by atomic mass is 10.2. The Morgan fingerprint density at radius 2 is 1.64 bits per heavy atom. The molecular formula is C16H35NO6SSi. The van der Waals surface area contributed by atoms with Crippen molar-refractivity contribution in [2.24, 2.45) is 0 Å². The van der Waals surface area contributed by atoms with Crippen molar-refractivity contribution >= 4 is 24.5 Å². The van der Waals surface area contributed by atoms with Crippen LogP contribution in [0.1, 0.15) is 48.0 Å². The van der Waals surface area contributed by atoms with Crippen LogP contribution in [-0.2, 0) is 23.5 Å². The summed E-state index contributed by atoms with van der Waals surface area (Å²) in [5.74, 6) is 0. The lowest BCUT2D eigenvalue weighted by molar-refractivity contribution is 0.0479. The average Bonchev–Trinajstić information content (AvgIpc) is 2.30. The predicted octanol–water partition coefficient (Wildman–Crippen LogP) is 3.27. The van der Waals surface area contributed by atoms with E-state index in [4.69, 9.17) is 13.3 Å². The van der Waals surface area contributed by atoms with Crippen molar-refractivity contribution in [3.63, 3.8) is 0 Å². The van der Waals surface area contributed by atoms with Crippen molar-refractivity contribution in [3.8, 4) is 0 Å². The lowest BCUT2D eigenvalue weighted by Gasteiger charge is -2.36. The number of hydrogen-bond acceptors (Lipinski definition) is 6. The summed E-state index contributed by atoms with van der Waals surface area (Å²) in [5.41, 5.74) is -0.635. The molecule has 0 aliphatic carbocycles. The monoisotopic (exact) mass is 397 g/mol. The molecule has 0 bridgehead atoms. The van der Waals surface area contributed by atoms with Gasteiger partial charge in [0.2, 0.25) is 0 Å². The number of hydrogen-bond donors (Lipinski definition) is 1. The van der Waals surface area contributed by atoms with Crippen molar-refractivity contribution in [1.82, 2.24) is 5.32 Å². The summed E-state index contributed by atoms with van der Waals surface area (Å²) < 4.78 is 38.6. The van der Waals surface area contributed by atoms with E-state index in [-0.39, 0.29) is 11.6 Å². The molecule has 0 aromatic carbocycles. The van der Waals surface area contributed by atoms with Gasteiger partial charge in [0.05, 0.1) is 18.9 Å². The maximum absolute atomic E-state index is 11.9. The van der Waals surface area contributed by atoms with Gasteiger partial charge in [-0.05, 0) is 45.3 Å². The minimum Gasteiger partial charge on any atom is -0.444 e. The Labute approximate surface area is 154 Å². The minimum atomic E-state index is -3.59. The van der Waals surface area contributed by atoms with E-state index in [2.05, 4.69) is 39.2 Å². The summed E-state index contributed by atoms with van der Waals surface area (Å²) >= 11 is 0. The second kappa shape index (κ2) is 8.83. The summed E-state index contributed by atoms with van der Waals surface area (Å²) in [7, 11) is -5.50. The normalized spacial score (nSPS) is 14.9. The van der Waals surface area contributed by atoms with Crippen molar-refractivity contribution in [3.05, 3.63) is 0 Å². The molecule has 0 radical (unpaired) electrons. The molecule has 0 aromatic heterocycles. The zero-order valence-electron chi connectivity index (χ0n) is 17.1. The smallest absolute Gasteiger partial charge is 0.407 e. The molecule has 0 aliphatic rings. The molecule has 0 saturated carbocycles. The first-order valence-electron chi connectivity index (χ1n) is 8.41. The van der Waals surface area contributed by atoms with Crippen molar-refractivity contribution in [1.29, 1.82) is 0 Å². The van der Waals surface area contributed by atoms with Crippen LogP contribution >= 0.6 is 0 Å². The van der Waals surface area contributed by atoms with Crippen LogP contribution in [0.15, 0.2) is 0 Å². The van der Waals surface area contributed by atoms with Crippen molar-refractivity contribution < 1.29 is 26.6 Å². The summed E-state index contributed by atoms with van der Waals surface area (Å²) in [6, 6.07) is -0.519. The van der Waals surface area contributed by atoms with E-state index >= 15 is 0 Å². The third-order valence-corrected chi connectivity index (χ3v) is 9.04. The van der Waals surface area contributed by atoms with Gasteiger partial charge in [0.1, 0.15) is 5.60 Å². The van der Waals surface area contributed by atoms with Gasteiger partial charge in [-0.2, -0.15) is 8.42 Å². The highest BCUT2D eigenvalue weighted by Gasteiger charge is 2.37. The number of amides is 1. The van der Waals surface area contributed by atoms with Gasteiger partial charge in [-0.25, -0.2) is 4.79 Å². The third kappa shape index (κ3) is 11.6. The number of nitrogens with one attached hydrogen (secondary N) is 1. The van der Waals surface area contributed by atoms with E-state index in [0.29, 0.717) is 13.0 Å². The van der Waals surface area contributed by atoms with E-state index in [0.717, 1.165) is 6.26 Å². The molecule has 0 aromatic rings. The van der Waals surface area contributed by atoms with Gasteiger partial charge in [-0.3, -0.25) is 4.18 Å². The molecule has 150 valence electrons. The highest BCUT2D eigenvalue weighted by atomic mass is 32.2. The topological polar surface area (TPSA) is 90.9 Å². The second-order valence-electron chi connectivity index (χ2n) is 8.73. The van der Waals surface area contributed by atoms with Crippen LogP contribution in [0.3, 0.4) is 0 Å². The molecule has 1 atom stereocenters. The van der Waals surface area contributed by atoms with Crippen LogP contribution in [0.2, 0.25) is 18.1 Å². The summed E-state index contributed by atoms with van der Waals surface area (Å²) in [6.07, 6.45) is 0.798. The number of rotatable bonds is 8. The number of alkyl carbamates (subject to hydrolysis) is 1. The summed E-state index contributed by atoms with van der Waals surface area (Å²) in [4.78, 5) is 11.9. The molecule has 1 N–H and O–H groups in total. The Hall–Kier alpha value is -0.643. The van der Waals surface area contributed by atoms with E-state index in [9.17, 15) is 13.2 Å². The minimum absolute atomic E-state index is 0.0738. The van der Waals surface area contributed by atoms with Crippen LogP contribution in [0, 0.1) is 0 Å². The van der Waals surface area contributed by atoms with Gasteiger partial charge in [-0.15, -0.1) is 0 Å². The van der Waals surface area contributed by atoms with Crippen LogP contribution < -0.4 is 5.32 Å². The molecule has 0 spiro atoms. The Morgan fingerprint density at radius 1 is 1.12 bits per heavy atom. The predicted molar refractivity (Wildman–Crippen MR) is 102 cm³/mol. The fourth-order valence-electron chi connectivity index (χ4n) is 1.55. The average molecular weight is 398 g/mol. The van der Waals surface area contributed by atoms with Gasteiger partial charge in [0.25, 0.3) is 10.1 Å². The SMILES string of the molecule is CC(C)(C)OC(=O)N[C@@H](CCO[Si](C)(C)C(C)(C)C)COS(C)(=O)=O. The number of carbonyl (C=O) groups excluding carboxylic acids is 1. The highest BCUT2D eigenvalue weighted by Crippen LogP contribution is 2.36. The van der Waals surface area contributed by atoms with Gasteiger partial charge in [0.15, 0.2) is 8.32 Å². The third-order valence-electron chi connectivity index (χ3n) is 3.94.